The molecule has 0 aromatic heterocycles. The molecule has 0 spiro atoms. The number of methoxy groups -OCH3 is 1. The van der Waals surface area contributed by atoms with Gasteiger partial charge in [0.1, 0.15) is 5.60 Å². The number of carbonyl (C=O) groups is 2. The van der Waals surface area contributed by atoms with E-state index in [1.807, 2.05) is 0 Å². The Balaban J connectivity index is 2.89. The van der Waals surface area contributed by atoms with Crippen molar-refractivity contribution in [2.75, 3.05) is 21.3 Å². The molecule has 7 heteroatoms. The maximum atomic E-state index is 12.4. The lowest BCUT2D eigenvalue weighted by atomic mass is 9.95. The van der Waals surface area contributed by atoms with Crippen LogP contribution in [0.15, 0.2) is 0 Å². The molecule has 0 saturated carbocycles. The first kappa shape index (κ1) is 19.0. The van der Waals surface area contributed by atoms with Gasteiger partial charge >= 0.3 is 0 Å². The molecule has 1 aliphatic rings. The van der Waals surface area contributed by atoms with Crippen molar-refractivity contribution in [2.45, 2.75) is 64.1 Å². The summed E-state index contributed by atoms with van der Waals surface area (Å²) in [7, 11) is 4.39. The lowest BCUT2D eigenvalue weighted by Crippen LogP contribution is -2.47. The SMILES string of the molecule is CCC(=O)[C@]1(C)CCC([C@@H](OC(C)OC)C(=O)N(C)OC)O1. The zero-order valence-corrected chi connectivity index (χ0v) is 14.3. The number of nitrogens with zero attached hydrogens (tertiary/aromatic N) is 1. The minimum Gasteiger partial charge on any atom is -0.361 e. The normalized spacial score (nSPS) is 27.5. The van der Waals surface area contributed by atoms with E-state index in [9.17, 15) is 9.59 Å². The Labute approximate surface area is 131 Å². The Morgan fingerprint density at radius 2 is 2.05 bits per heavy atom. The van der Waals surface area contributed by atoms with Gasteiger partial charge in [-0.2, -0.15) is 0 Å². The fourth-order valence-electron chi connectivity index (χ4n) is 2.50. The highest BCUT2D eigenvalue weighted by Crippen LogP contribution is 2.34. The van der Waals surface area contributed by atoms with E-state index >= 15 is 0 Å². The molecule has 128 valence electrons. The molecule has 0 N–H and O–H groups in total. The minimum atomic E-state index is -0.883. The third-order valence-corrected chi connectivity index (χ3v) is 4.06. The number of hydrogen-bond acceptors (Lipinski definition) is 6. The summed E-state index contributed by atoms with van der Waals surface area (Å²) in [5.41, 5.74) is -0.858. The van der Waals surface area contributed by atoms with Crippen LogP contribution in [0.1, 0.15) is 40.0 Å². The van der Waals surface area contributed by atoms with Crippen molar-refractivity contribution in [1.29, 1.82) is 0 Å². The standard InChI is InChI=1S/C15H27NO6/c1-7-12(17)15(3)9-8-11(22-15)13(21-10(2)19-5)14(18)16(4)20-6/h10-11,13H,7-9H2,1-6H3/t10?,11?,13-,15+/m1/s1. The van der Waals surface area contributed by atoms with E-state index in [1.165, 1.54) is 21.3 Å². The summed E-state index contributed by atoms with van der Waals surface area (Å²) in [6.45, 7) is 5.26. The smallest absolute Gasteiger partial charge is 0.277 e. The molecule has 22 heavy (non-hydrogen) atoms. The molecule has 1 aliphatic heterocycles. The molecule has 1 fully saturated rings. The van der Waals surface area contributed by atoms with Gasteiger partial charge in [0.15, 0.2) is 18.2 Å². The molecule has 0 aliphatic carbocycles. The third-order valence-electron chi connectivity index (χ3n) is 4.06. The fraction of sp³-hybridized carbons (Fsp3) is 0.867. The van der Waals surface area contributed by atoms with Gasteiger partial charge in [-0.05, 0) is 26.7 Å². The first-order valence-corrected chi connectivity index (χ1v) is 7.50. The predicted molar refractivity (Wildman–Crippen MR) is 78.9 cm³/mol. The van der Waals surface area contributed by atoms with Crippen LogP contribution in [0, 0.1) is 0 Å². The van der Waals surface area contributed by atoms with Crippen LogP contribution in [0.3, 0.4) is 0 Å². The van der Waals surface area contributed by atoms with E-state index in [0.29, 0.717) is 19.3 Å². The van der Waals surface area contributed by atoms with Crippen LogP contribution >= 0.6 is 0 Å². The van der Waals surface area contributed by atoms with Crippen LogP contribution in [0.5, 0.6) is 0 Å². The quantitative estimate of drug-likeness (QED) is 0.496. The Kier molecular flexibility index (Phi) is 6.93. The van der Waals surface area contributed by atoms with E-state index in [1.54, 1.807) is 20.8 Å². The highest BCUT2D eigenvalue weighted by molar-refractivity contribution is 5.87. The first-order chi connectivity index (χ1) is 10.3. The van der Waals surface area contributed by atoms with Crippen LogP contribution in [-0.4, -0.2) is 62.1 Å². The van der Waals surface area contributed by atoms with Gasteiger partial charge in [-0.1, -0.05) is 6.92 Å². The topological polar surface area (TPSA) is 74.3 Å². The summed E-state index contributed by atoms with van der Waals surface area (Å²) in [5.74, 6) is -0.342. The van der Waals surface area contributed by atoms with Gasteiger partial charge in [0.05, 0.1) is 13.2 Å². The van der Waals surface area contributed by atoms with Crippen LogP contribution in [0.25, 0.3) is 0 Å². The van der Waals surface area contributed by atoms with Crippen molar-refractivity contribution in [1.82, 2.24) is 5.06 Å². The largest absolute Gasteiger partial charge is 0.361 e. The zero-order chi connectivity index (χ0) is 16.9. The van der Waals surface area contributed by atoms with Crippen molar-refractivity contribution in [2.24, 2.45) is 0 Å². The van der Waals surface area contributed by atoms with Gasteiger partial charge in [0.25, 0.3) is 5.91 Å². The summed E-state index contributed by atoms with van der Waals surface area (Å²) < 4.78 is 16.6. The van der Waals surface area contributed by atoms with Crippen molar-refractivity contribution >= 4 is 11.7 Å². The van der Waals surface area contributed by atoms with Gasteiger partial charge in [-0.25, -0.2) is 5.06 Å². The fourth-order valence-corrected chi connectivity index (χ4v) is 2.50. The zero-order valence-electron chi connectivity index (χ0n) is 14.3. The number of ketones is 1. The summed E-state index contributed by atoms with van der Waals surface area (Å²) in [4.78, 5) is 29.4. The molecule has 2 unspecified atom stereocenters. The second kappa shape index (κ2) is 8.01. The number of hydrogen-bond donors (Lipinski definition) is 0. The Hall–Kier alpha value is -1.02. The van der Waals surface area contributed by atoms with Gasteiger partial charge in [0.2, 0.25) is 0 Å². The van der Waals surface area contributed by atoms with E-state index in [4.69, 9.17) is 19.0 Å². The van der Waals surface area contributed by atoms with Gasteiger partial charge in [-0.15, -0.1) is 0 Å². The van der Waals surface area contributed by atoms with Crippen molar-refractivity contribution < 1.29 is 28.6 Å². The number of rotatable bonds is 8. The number of amides is 1. The summed E-state index contributed by atoms with van der Waals surface area (Å²) >= 11 is 0. The number of carbonyl (C=O) groups excluding carboxylic acids is 2. The molecule has 7 nitrogen and oxygen atoms in total. The van der Waals surface area contributed by atoms with Crippen molar-refractivity contribution in [3.8, 4) is 0 Å². The molecule has 1 saturated heterocycles. The maximum Gasteiger partial charge on any atom is 0.277 e. The molecule has 4 atom stereocenters. The second-order valence-electron chi connectivity index (χ2n) is 5.58. The van der Waals surface area contributed by atoms with Crippen LogP contribution in [0.4, 0.5) is 0 Å². The van der Waals surface area contributed by atoms with Crippen molar-refractivity contribution in [3.63, 3.8) is 0 Å². The van der Waals surface area contributed by atoms with Crippen LogP contribution in [-0.2, 0) is 28.6 Å². The second-order valence-corrected chi connectivity index (χ2v) is 5.58. The summed E-state index contributed by atoms with van der Waals surface area (Å²) in [6.07, 6.45) is -0.441. The molecule has 0 aromatic rings. The lowest BCUT2D eigenvalue weighted by Gasteiger charge is -2.30. The number of ether oxygens (including phenoxy) is 3. The predicted octanol–water partition coefficient (Wildman–Crippen LogP) is 1.30. The molecule has 0 radical (unpaired) electrons. The van der Waals surface area contributed by atoms with Crippen LogP contribution < -0.4 is 0 Å². The van der Waals surface area contributed by atoms with E-state index in [-0.39, 0.29) is 11.7 Å². The molecule has 0 bridgehead atoms. The Morgan fingerprint density at radius 3 is 2.55 bits per heavy atom. The number of Topliss-reactive ketones (excluding diaryl/α,β-unsaturated/α-hetero) is 1. The number of likely N-dealkylation sites (N-methyl/N-ethyl adjacent to an activating group) is 1. The average Bonchev–Trinajstić information content (AvgIpc) is 2.93. The van der Waals surface area contributed by atoms with E-state index in [0.717, 1.165) is 5.06 Å². The molecule has 1 rings (SSSR count). The third kappa shape index (κ3) is 4.25. The van der Waals surface area contributed by atoms with Gasteiger partial charge in [-0.3, -0.25) is 14.4 Å². The average molecular weight is 317 g/mol. The van der Waals surface area contributed by atoms with Crippen molar-refractivity contribution in [3.05, 3.63) is 0 Å². The first-order valence-electron chi connectivity index (χ1n) is 7.50. The monoisotopic (exact) mass is 317 g/mol. The van der Waals surface area contributed by atoms with Crippen LogP contribution in [0.2, 0.25) is 0 Å². The number of hydroxylamine groups is 2. The molecule has 0 aromatic carbocycles. The van der Waals surface area contributed by atoms with E-state index in [2.05, 4.69) is 0 Å². The Morgan fingerprint density at radius 1 is 1.41 bits per heavy atom. The minimum absolute atomic E-state index is 0.0288. The summed E-state index contributed by atoms with van der Waals surface area (Å²) in [6, 6.07) is 0. The molecular weight excluding hydrogens is 290 g/mol. The van der Waals surface area contributed by atoms with Gasteiger partial charge < -0.3 is 14.2 Å². The Bertz CT molecular complexity index is 401. The molecule has 1 amide bonds. The molecular formula is C15H27NO6. The van der Waals surface area contributed by atoms with Gasteiger partial charge in [0, 0.05) is 20.6 Å². The molecule has 1 heterocycles. The highest BCUT2D eigenvalue weighted by Gasteiger charge is 2.47. The maximum absolute atomic E-state index is 12.4. The lowest BCUT2D eigenvalue weighted by molar-refractivity contribution is -0.216. The van der Waals surface area contributed by atoms with E-state index < -0.39 is 24.1 Å². The summed E-state index contributed by atoms with van der Waals surface area (Å²) in [5, 5.41) is 1.09. The highest BCUT2D eigenvalue weighted by atomic mass is 16.7.